The fraction of sp³-hybridized carbons (Fsp3) is 0. The van der Waals surface area contributed by atoms with Gasteiger partial charge in [-0.15, -0.1) is 0 Å². The summed E-state index contributed by atoms with van der Waals surface area (Å²) < 4.78 is 2.12. The van der Waals surface area contributed by atoms with Gasteiger partial charge < -0.3 is 0 Å². The fourth-order valence-corrected chi connectivity index (χ4v) is 1.49. The molecule has 0 aliphatic heterocycles. The van der Waals surface area contributed by atoms with Gasteiger partial charge in [0.1, 0.15) is 0 Å². The second-order valence-corrected chi connectivity index (χ2v) is 3.49. The van der Waals surface area contributed by atoms with Gasteiger partial charge in [-0.05, 0) is 0 Å². The Balaban J connectivity index is 3.27. The molecule has 0 amide bonds. The van der Waals surface area contributed by atoms with E-state index in [1.807, 2.05) is 25.0 Å². The van der Waals surface area contributed by atoms with Gasteiger partial charge >= 0.3 is 77.9 Å². The molecular formula is C7H5BBr2. The third-order valence-electron chi connectivity index (χ3n) is 1.20. The number of hydrogen-bond acceptors (Lipinski definition) is 0. The Morgan fingerprint density at radius 2 is 2.20 bits per heavy atom. The SMILES string of the molecule is C=Cc1bccc(Br)c1Br. The second kappa shape index (κ2) is 3.49. The van der Waals surface area contributed by atoms with E-state index in [1.54, 1.807) is 0 Å². The summed E-state index contributed by atoms with van der Waals surface area (Å²) in [6, 6.07) is 1.98. The topological polar surface area (TPSA) is 0 Å². The average Bonchev–Trinajstić information content (AvgIpc) is 1.95. The molecule has 3 heteroatoms. The first-order valence-electron chi connectivity index (χ1n) is 2.82. The van der Waals surface area contributed by atoms with Crippen LogP contribution < -0.4 is 0 Å². The second-order valence-electron chi connectivity index (χ2n) is 1.85. The van der Waals surface area contributed by atoms with Crippen LogP contribution in [0.1, 0.15) is 5.46 Å². The molecule has 0 bridgehead atoms. The Kier molecular flexibility index (Phi) is 2.87. The summed E-state index contributed by atoms with van der Waals surface area (Å²) in [6.07, 6.45) is 1.81. The van der Waals surface area contributed by atoms with Gasteiger partial charge in [0.2, 0.25) is 0 Å². The Hall–Kier alpha value is 0.115. The Morgan fingerprint density at radius 1 is 1.50 bits per heavy atom. The van der Waals surface area contributed by atoms with E-state index in [0.29, 0.717) is 0 Å². The summed E-state index contributed by atoms with van der Waals surface area (Å²) in [5, 5.41) is 0. The molecule has 1 aromatic heterocycles. The van der Waals surface area contributed by atoms with Gasteiger partial charge in [-0.1, -0.05) is 0 Å². The maximum absolute atomic E-state index is 3.68. The van der Waals surface area contributed by atoms with Crippen molar-refractivity contribution in [3.8, 4) is 0 Å². The first kappa shape index (κ1) is 8.21. The molecule has 0 spiro atoms. The van der Waals surface area contributed by atoms with Crippen molar-refractivity contribution in [2.45, 2.75) is 0 Å². The summed E-state index contributed by atoms with van der Waals surface area (Å²) in [5.74, 6) is 1.98. The third-order valence-corrected chi connectivity index (χ3v) is 3.28. The van der Waals surface area contributed by atoms with Crippen molar-refractivity contribution in [1.82, 2.24) is 0 Å². The number of halogens is 2. The van der Waals surface area contributed by atoms with Gasteiger partial charge in [-0.25, -0.2) is 0 Å². The van der Waals surface area contributed by atoms with Crippen LogP contribution in [-0.2, 0) is 0 Å². The maximum atomic E-state index is 3.68. The molecule has 1 aromatic rings. The van der Waals surface area contributed by atoms with Crippen LogP contribution in [0.5, 0.6) is 0 Å². The fourth-order valence-electron chi connectivity index (χ4n) is 0.678. The van der Waals surface area contributed by atoms with Crippen molar-refractivity contribution >= 4 is 44.8 Å². The Labute approximate surface area is 77.8 Å². The van der Waals surface area contributed by atoms with Crippen LogP contribution in [0.2, 0.25) is 0 Å². The molecular weight excluding hydrogens is 255 g/mol. The van der Waals surface area contributed by atoms with Gasteiger partial charge in [0.15, 0.2) is 0 Å². The van der Waals surface area contributed by atoms with Gasteiger partial charge in [0.25, 0.3) is 0 Å². The van der Waals surface area contributed by atoms with Crippen LogP contribution >= 0.6 is 31.9 Å². The average molecular weight is 260 g/mol. The number of hydrogen-bond donors (Lipinski definition) is 0. The minimum absolute atomic E-state index is 1.06. The van der Waals surface area contributed by atoms with Crippen LogP contribution in [0.3, 0.4) is 0 Å². The van der Waals surface area contributed by atoms with E-state index in [2.05, 4.69) is 38.4 Å². The summed E-state index contributed by atoms with van der Waals surface area (Å²) in [4.78, 5) is 0. The summed E-state index contributed by atoms with van der Waals surface area (Å²) >= 11 is 6.81. The zero-order valence-corrected chi connectivity index (χ0v) is 8.44. The minimum atomic E-state index is 1.06. The van der Waals surface area contributed by atoms with E-state index >= 15 is 0 Å². The van der Waals surface area contributed by atoms with Gasteiger partial charge in [-0.2, -0.15) is 0 Å². The van der Waals surface area contributed by atoms with Crippen molar-refractivity contribution in [1.29, 1.82) is 0 Å². The summed E-state index contributed by atoms with van der Waals surface area (Å²) in [5.41, 5.74) is 1.11. The van der Waals surface area contributed by atoms with Crippen molar-refractivity contribution in [2.24, 2.45) is 0 Å². The third kappa shape index (κ3) is 1.58. The molecule has 0 atom stereocenters. The normalized spacial score (nSPS) is 9.00. The van der Waals surface area contributed by atoms with Crippen LogP contribution in [-0.4, -0.2) is 6.91 Å². The Morgan fingerprint density at radius 3 is 2.70 bits per heavy atom. The van der Waals surface area contributed by atoms with Crippen molar-refractivity contribution in [3.05, 3.63) is 33.0 Å². The molecule has 1 rings (SSSR count). The molecule has 0 saturated heterocycles. The zero-order chi connectivity index (χ0) is 7.56. The summed E-state index contributed by atoms with van der Waals surface area (Å²) in [7, 11) is 0. The molecule has 0 aliphatic rings. The first-order chi connectivity index (χ1) is 4.75. The van der Waals surface area contributed by atoms with E-state index < -0.39 is 0 Å². The molecule has 10 heavy (non-hydrogen) atoms. The molecule has 1 heterocycles. The van der Waals surface area contributed by atoms with Crippen LogP contribution in [0.15, 0.2) is 27.6 Å². The molecule has 0 aromatic carbocycles. The predicted molar refractivity (Wildman–Crippen MR) is 53.3 cm³/mol. The Bertz CT molecular complexity index is 258. The quantitative estimate of drug-likeness (QED) is 0.727. The monoisotopic (exact) mass is 258 g/mol. The molecule has 0 fully saturated rings. The van der Waals surface area contributed by atoms with Crippen LogP contribution in [0.4, 0.5) is 0 Å². The van der Waals surface area contributed by atoms with E-state index in [-0.39, 0.29) is 0 Å². The molecule has 0 radical (unpaired) electrons. The zero-order valence-electron chi connectivity index (χ0n) is 5.27. The van der Waals surface area contributed by atoms with Gasteiger partial charge in [0, 0.05) is 0 Å². The van der Waals surface area contributed by atoms with E-state index in [9.17, 15) is 0 Å². The van der Waals surface area contributed by atoms with Crippen molar-refractivity contribution in [2.75, 3.05) is 0 Å². The van der Waals surface area contributed by atoms with Crippen molar-refractivity contribution < 1.29 is 0 Å². The van der Waals surface area contributed by atoms with Crippen LogP contribution in [0.25, 0.3) is 6.08 Å². The standard InChI is InChI=1S/C7H5BBr2/c1-2-5-7(10)6(9)3-4-8-5/h2-4H,1H2. The molecule has 50 valence electrons. The molecule has 0 N–H and O–H groups in total. The van der Waals surface area contributed by atoms with Gasteiger partial charge in [0.05, 0.1) is 0 Å². The van der Waals surface area contributed by atoms with Gasteiger partial charge in [-0.3, -0.25) is 0 Å². The number of rotatable bonds is 1. The van der Waals surface area contributed by atoms with E-state index in [0.717, 1.165) is 14.4 Å². The molecule has 0 aliphatic carbocycles. The van der Waals surface area contributed by atoms with E-state index in [1.165, 1.54) is 0 Å². The molecule has 0 saturated carbocycles. The predicted octanol–water partition coefficient (Wildman–Crippen LogP) is 3.19. The molecule has 0 unspecified atom stereocenters. The van der Waals surface area contributed by atoms with Crippen LogP contribution in [0, 0.1) is 0 Å². The first-order valence-corrected chi connectivity index (χ1v) is 4.40. The summed E-state index contributed by atoms with van der Waals surface area (Å²) in [6.45, 7) is 5.68. The molecule has 0 nitrogen and oxygen atoms in total. The van der Waals surface area contributed by atoms with Crippen molar-refractivity contribution in [3.63, 3.8) is 0 Å². The van der Waals surface area contributed by atoms with E-state index in [4.69, 9.17) is 0 Å².